The molecular weight excluding hydrogens is 460 g/mol. The highest BCUT2D eigenvalue weighted by Gasteiger charge is 2.33. The molecule has 0 aromatic heterocycles. The average molecular weight is 491 g/mol. The molecule has 0 bridgehead atoms. The van der Waals surface area contributed by atoms with Crippen LogP contribution in [0, 0.1) is 23.7 Å². The average Bonchev–Trinajstić information content (AvgIpc) is 2.82. The fourth-order valence-corrected chi connectivity index (χ4v) is 3.24. The Kier molecular flexibility index (Phi) is 10.2. The number of aliphatic hydroxyl groups is 1. The van der Waals surface area contributed by atoms with E-state index in [1.165, 1.54) is 14.0 Å². The quantitative estimate of drug-likeness (QED) is 0.306. The zero-order valence-electron chi connectivity index (χ0n) is 20.9. The van der Waals surface area contributed by atoms with Gasteiger partial charge in [-0.2, -0.15) is 0 Å². The molecule has 9 nitrogen and oxygen atoms in total. The highest BCUT2D eigenvalue weighted by atomic mass is 16.5. The van der Waals surface area contributed by atoms with E-state index in [0.29, 0.717) is 28.4 Å². The zero-order valence-corrected chi connectivity index (χ0v) is 20.9. The lowest BCUT2D eigenvalue weighted by atomic mass is 10.1. The summed E-state index contributed by atoms with van der Waals surface area (Å²) in [4.78, 5) is 39.6. The van der Waals surface area contributed by atoms with Crippen LogP contribution in [0.4, 0.5) is 5.69 Å². The number of nitrogens with zero attached hydrogens (tertiary/aromatic N) is 3. The normalized spacial score (nSPS) is 11.8. The predicted molar refractivity (Wildman–Crippen MR) is 136 cm³/mol. The van der Waals surface area contributed by atoms with Crippen LogP contribution in [0.1, 0.15) is 28.4 Å². The maximum Gasteiger partial charge on any atom is 0.271 e. The SMILES string of the molecule is C[C@@H](O)[C@@H](C(=O)N(C)O)N(C)C(=O)c1ccc(C#CC#Cc2ccc(NC(=O)CN(C)C)cc2)cc1. The molecule has 0 heterocycles. The first-order valence-corrected chi connectivity index (χ1v) is 11.1. The van der Waals surface area contributed by atoms with E-state index in [-0.39, 0.29) is 5.91 Å². The van der Waals surface area contributed by atoms with Crippen molar-refractivity contribution in [3.05, 3.63) is 65.2 Å². The van der Waals surface area contributed by atoms with Gasteiger partial charge < -0.3 is 20.2 Å². The lowest BCUT2D eigenvalue weighted by Crippen LogP contribution is -2.52. The molecular formula is C27H30N4O5. The van der Waals surface area contributed by atoms with Gasteiger partial charge in [0.05, 0.1) is 12.6 Å². The highest BCUT2D eigenvalue weighted by Crippen LogP contribution is 2.13. The summed E-state index contributed by atoms with van der Waals surface area (Å²) in [6.45, 7) is 1.67. The molecule has 2 aromatic rings. The van der Waals surface area contributed by atoms with Crippen LogP contribution >= 0.6 is 0 Å². The summed E-state index contributed by atoms with van der Waals surface area (Å²) in [5.41, 5.74) is 2.37. The van der Waals surface area contributed by atoms with Crippen LogP contribution in [0.5, 0.6) is 0 Å². The van der Waals surface area contributed by atoms with E-state index in [1.807, 2.05) is 14.1 Å². The molecule has 2 rings (SSSR count). The van der Waals surface area contributed by atoms with Crippen LogP contribution in [0.25, 0.3) is 0 Å². The van der Waals surface area contributed by atoms with Crippen LogP contribution in [-0.2, 0) is 9.59 Å². The van der Waals surface area contributed by atoms with Gasteiger partial charge in [-0.1, -0.05) is 11.8 Å². The first-order chi connectivity index (χ1) is 17.0. The fourth-order valence-electron chi connectivity index (χ4n) is 3.24. The summed E-state index contributed by atoms with van der Waals surface area (Å²) in [6.07, 6.45) is -1.18. The Hall–Kier alpha value is -4.15. The lowest BCUT2D eigenvalue weighted by molar-refractivity contribution is -0.167. The number of anilines is 1. The molecule has 188 valence electrons. The van der Waals surface area contributed by atoms with Gasteiger partial charge in [0.2, 0.25) is 5.91 Å². The van der Waals surface area contributed by atoms with Crippen molar-refractivity contribution in [2.75, 3.05) is 40.1 Å². The first kappa shape index (κ1) is 28.1. The number of hydrogen-bond acceptors (Lipinski definition) is 6. The number of benzene rings is 2. The number of aliphatic hydroxyl groups excluding tert-OH is 1. The number of hydroxylamine groups is 2. The van der Waals surface area contributed by atoms with Gasteiger partial charge in [0.15, 0.2) is 0 Å². The standard InChI is InChI=1S/C27H30N4O5/c1-19(32)25(27(35)31(5)36)30(4)26(34)22-14-10-20(11-15-22)8-6-7-9-21-12-16-23(17-13-21)28-24(33)18-29(2)3/h10-17,19,25,32,36H,18H2,1-5H3,(H,28,33)/t19-,25+/m1/s1. The summed E-state index contributed by atoms with van der Waals surface area (Å²) >= 11 is 0. The number of amides is 3. The van der Waals surface area contributed by atoms with E-state index in [4.69, 9.17) is 0 Å². The minimum atomic E-state index is -1.23. The number of likely N-dealkylation sites (N-methyl/N-ethyl adjacent to an activating group) is 3. The zero-order chi connectivity index (χ0) is 26.8. The molecule has 0 aliphatic rings. The van der Waals surface area contributed by atoms with E-state index in [9.17, 15) is 24.7 Å². The summed E-state index contributed by atoms with van der Waals surface area (Å²) < 4.78 is 0. The van der Waals surface area contributed by atoms with Gasteiger partial charge in [0, 0.05) is 36.5 Å². The van der Waals surface area contributed by atoms with E-state index >= 15 is 0 Å². The topological polar surface area (TPSA) is 113 Å². The molecule has 2 aromatic carbocycles. The molecule has 0 unspecified atom stereocenters. The van der Waals surface area contributed by atoms with Crippen molar-refractivity contribution < 1.29 is 24.7 Å². The monoisotopic (exact) mass is 490 g/mol. The molecule has 3 N–H and O–H groups in total. The second kappa shape index (κ2) is 13.1. The second-order valence-corrected chi connectivity index (χ2v) is 8.40. The molecule has 0 saturated heterocycles. The van der Waals surface area contributed by atoms with Crippen molar-refractivity contribution in [3.63, 3.8) is 0 Å². The van der Waals surface area contributed by atoms with E-state index in [0.717, 1.165) is 17.5 Å². The molecule has 0 aliphatic heterocycles. The van der Waals surface area contributed by atoms with Gasteiger partial charge in [-0.15, -0.1) is 0 Å². The van der Waals surface area contributed by atoms with Gasteiger partial charge in [-0.3, -0.25) is 19.6 Å². The third kappa shape index (κ3) is 8.26. The van der Waals surface area contributed by atoms with Crippen LogP contribution in [-0.4, -0.2) is 89.8 Å². The highest BCUT2D eigenvalue weighted by molar-refractivity contribution is 5.97. The third-order valence-corrected chi connectivity index (χ3v) is 5.00. The smallest absolute Gasteiger partial charge is 0.271 e. The van der Waals surface area contributed by atoms with Crippen molar-refractivity contribution in [1.29, 1.82) is 0 Å². The number of hydrogen-bond donors (Lipinski definition) is 3. The van der Waals surface area contributed by atoms with Gasteiger partial charge in [-0.05, 0) is 81.4 Å². The van der Waals surface area contributed by atoms with Crippen molar-refractivity contribution in [2.45, 2.75) is 19.1 Å². The van der Waals surface area contributed by atoms with Crippen molar-refractivity contribution >= 4 is 23.4 Å². The minimum Gasteiger partial charge on any atom is -0.391 e. The fraction of sp³-hybridized carbons (Fsp3) is 0.296. The van der Waals surface area contributed by atoms with E-state index in [2.05, 4.69) is 29.0 Å². The maximum absolute atomic E-state index is 12.8. The van der Waals surface area contributed by atoms with Crippen molar-refractivity contribution in [1.82, 2.24) is 14.9 Å². The predicted octanol–water partition coefficient (Wildman–Crippen LogP) is 1.26. The molecule has 3 amide bonds. The summed E-state index contributed by atoms with van der Waals surface area (Å²) in [7, 11) is 6.16. The summed E-state index contributed by atoms with van der Waals surface area (Å²) in [6, 6.07) is 12.3. The number of nitrogens with one attached hydrogen (secondary N) is 1. The Morgan fingerprint density at radius 3 is 1.83 bits per heavy atom. The maximum atomic E-state index is 12.8. The second-order valence-electron chi connectivity index (χ2n) is 8.40. The molecule has 0 aliphatic carbocycles. The number of carbonyl (C=O) groups is 3. The number of carbonyl (C=O) groups excluding carboxylic acids is 3. The lowest BCUT2D eigenvalue weighted by Gasteiger charge is -2.30. The molecule has 0 fully saturated rings. The van der Waals surface area contributed by atoms with Gasteiger partial charge in [0.25, 0.3) is 11.8 Å². The van der Waals surface area contributed by atoms with Gasteiger partial charge in [0.1, 0.15) is 6.04 Å². The Bertz CT molecular complexity index is 1200. The molecule has 0 radical (unpaired) electrons. The molecule has 36 heavy (non-hydrogen) atoms. The first-order valence-electron chi connectivity index (χ1n) is 11.1. The molecule has 9 heteroatoms. The van der Waals surface area contributed by atoms with Crippen molar-refractivity contribution in [2.24, 2.45) is 0 Å². The molecule has 0 saturated carbocycles. The Labute approximate surface area is 211 Å². The third-order valence-electron chi connectivity index (χ3n) is 5.00. The number of rotatable bonds is 7. The largest absolute Gasteiger partial charge is 0.391 e. The van der Waals surface area contributed by atoms with E-state index < -0.39 is 24.0 Å². The summed E-state index contributed by atoms with van der Waals surface area (Å²) in [5, 5.41) is 22.5. The van der Waals surface area contributed by atoms with Crippen LogP contribution < -0.4 is 5.32 Å². The minimum absolute atomic E-state index is 0.0990. The Balaban J connectivity index is 2.02. The Morgan fingerprint density at radius 1 is 0.889 bits per heavy atom. The van der Waals surface area contributed by atoms with Crippen LogP contribution in [0.2, 0.25) is 0 Å². The van der Waals surface area contributed by atoms with E-state index in [1.54, 1.807) is 53.4 Å². The molecule has 0 spiro atoms. The van der Waals surface area contributed by atoms with Gasteiger partial charge in [-0.25, -0.2) is 5.06 Å². The van der Waals surface area contributed by atoms with Crippen molar-refractivity contribution in [3.8, 4) is 23.7 Å². The molecule has 2 atom stereocenters. The Morgan fingerprint density at radius 2 is 1.39 bits per heavy atom. The van der Waals surface area contributed by atoms with Crippen LogP contribution in [0.15, 0.2) is 48.5 Å². The van der Waals surface area contributed by atoms with Gasteiger partial charge >= 0.3 is 0 Å². The van der Waals surface area contributed by atoms with Crippen LogP contribution in [0.3, 0.4) is 0 Å². The summed E-state index contributed by atoms with van der Waals surface area (Å²) in [5.74, 6) is 9.96.